The number of para-hydroxylation sites is 1. The van der Waals surface area contributed by atoms with Crippen LogP contribution in [0.15, 0.2) is 41.7 Å². The Morgan fingerprint density at radius 2 is 2.08 bits per heavy atom. The van der Waals surface area contributed by atoms with E-state index in [0.29, 0.717) is 0 Å². The van der Waals surface area contributed by atoms with Crippen LogP contribution >= 0.6 is 0 Å². The molecule has 0 aromatic heterocycles. The molecule has 2 heteroatoms. The highest BCUT2D eigenvalue weighted by atomic mass is 15.1. The van der Waals surface area contributed by atoms with Crippen molar-refractivity contribution in [3.8, 4) is 0 Å². The predicted octanol–water partition coefficient (Wildman–Crippen LogP) is 0.623. The highest BCUT2D eigenvalue weighted by molar-refractivity contribution is 5.26. The third-order valence-corrected chi connectivity index (χ3v) is 1.71. The summed E-state index contributed by atoms with van der Waals surface area (Å²) in [5, 5.41) is 2.08. The van der Waals surface area contributed by atoms with Crippen LogP contribution in [-0.2, 0) is 0 Å². The van der Waals surface area contributed by atoms with Gasteiger partial charge in [-0.05, 0) is 6.07 Å². The highest BCUT2D eigenvalue weighted by Gasteiger charge is 1.90. The fourth-order valence-electron chi connectivity index (χ4n) is 1.14. The molecule has 1 aromatic carbocycles. The Labute approximate surface area is 71.2 Å². The lowest BCUT2D eigenvalue weighted by molar-refractivity contribution is 0.744. The van der Waals surface area contributed by atoms with E-state index in [2.05, 4.69) is 12.0 Å². The molecule has 0 spiro atoms. The molecule has 0 atom stereocenters. The van der Waals surface area contributed by atoms with Gasteiger partial charge in [-0.25, -0.2) is 0 Å². The van der Waals surface area contributed by atoms with Crippen molar-refractivity contribution >= 4 is 6.20 Å². The third kappa shape index (κ3) is 1.23. The number of fused-ring (bicyclic) bond motifs is 1. The summed E-state index contributed by atoms with van der Waals surface area (Å²) in [5.74, 6) is 0. The Bertz CT molecular complexity index is 418. The molecular formula is C10H9N2. The quantitative estimate of drug-likeness (QED) is 0.539. The maximum Gasteiger partial charge on any atom is 0.0717 e. The number of benzene rings is 1. The summed E-state index contributed by atoms with van der Waals surface area (Å²) in [6, 6.07) is 7.96. The van der Waals surface area contributed by atoms with Gasteiger partial charge in [0, 0.05) is 30.9 Å². The van der Waals surface area contributed by atoms with Crippen molar-refractivity contribution in [1.82, 2.24) is 4.90 Å². The van der Waals surface area contributed by atoms with Gasteiger partial charge in [-0.15, -0.1) is 0 Å². The first kappa shape index (κ1) is 7.10. The van der Waals surface area contributed by atoms with Crippen molar-refractivity contribution in [2.45, 2.75) is 0 Å². The summed E-state index contributed by atoms with van der Waals surface area (Å²) in [4.78, 5) is 5.99. The van der Waals surface area contributed by atoms with Crippen molar-refractivity contribution in [3.63, 3.8) is 0 Å². The van der Waals surface area contributed by atoms with Crippen molar-refractivity contribution in [1.29, 1.82) is 0 Å². The third-order valence-electron chi connectivity index (χ3n) is 1.71. The Morgan fingerprint density at radius 1 is 1.25 bits per heavy atom. The molecule has 2 rings (SSSR count). The lowest BCUT2D eigenvalue weighted by atomic mass is 10.3. The Morgan fingerprint density at radius 3 is 3.00 bits per heavy atom. The fourth-order valence-corrected chi connectivity index (χ4v) is 1.14. The van der Waals surface area contributed by atoms with Crippen LogP contribution < -0.4 is 10.6 Å². The van der Waals surface area contributed by atoms with Crippen molar-refractivity contribution in [2.24, 2.45) is 4.99 Å². The zero-order valence-corrected chi connectivity index (χ0v) is 6.64. The summed E-state index contributed by atoms with van der Waals surface area (Å²) < 4.78 is 0. The molecule has 1 aliphatic heterocycles. The van der Waals surface area contributed by atoms with Crippen LogP contribution in [0.1, 0.15) is 0 Å². The van der Waals surface area contributed by atoms with E-state index in [1.165, 1.54) is 0 Å². The standard InChI is InChI=1S/C10H9N2/c1-12-7-6-11-10-5-3-2-4-9(10)8-12/h2-8H,1H2. The van der Waals surface area contributed by atoms with E-state index in [4.69, 9.17) is 0 Å². The number of hydrogen-bond acceptors (Lipinski definition) is 2. The normalized spacial score (nSPS) is 14.2. The first-order valence-corrected chi connectivity index (χ1v) is 3.76. The van der Waals surface area contributed by atoms with Gasteiger partial charge >= 0.3 is 0 Å². The highest BCUT2D eigenvalue weighted by Crippen LogP contribution is 1.89. The zero-order chi connectivity index (χ0) is 8.39. The van der Waals surface area contributed by atoms with Crippen LogP contribution in [0.2, 0.25) is 0 Å². The molecule has 12 heavy (non-hydrogen) atoms. The van der Waals surface area contributed by atoms with Crippen molar-refractivity contribution in [2.75, 3.05) is 0 Å². The van der Waals surface area contributed by atoms with Crippen LogP contribution in [0.5, 0.6) is 0 Å². The number of rotatable bonds is 0. The number of nitrogens with zero attached hydrogens (tertiary/aromatic N) is 2. The van der Waals surface area contributed by atoms with E-state index < -0.39 is 0 Å². The Balaban J connectivity index is 2.75. The van der Waals surface area contributed by atoms with Gasteiger partial charge in [0.1, 0.15) is 0 Å². The van der Waals surface area contributed by atoms with E-state index in [-0.39, 0.29) is 0 Å². The molecule has 0 bridgehead atoms. The molecule has 1 heterocycles. The summed E-state index contributed by atoms with van der Waals surface area (Å²) in [6.07, 6.45) is 5.51. The Kier molecular flexibility index (Phi) is 1.67. The maximum absolute atomic E-state index is 4.24. The minimum atomic E-state index is 0.986. The second-order valence-electron chi connectivity index (χ2n) is 2.63. The molecule has 0 N–H and O–H groups in total. The summed E-state index contributed by atoms with van der Waals surface area (Å²) in [6.45, 7) is 0. The second kappa shape index (κ2) is 2.81. The average Bonchev–Trinajstić information content (AvgIpc) is 2.25. The van der Waals surface area contributed by atoms with E-state index in [1.54, 1.807) is 11.1 Å². The topological polar surface area (TPSA) is 15.6 Å². The summed E-state index contributed by atoms with van der Waals surface area (Å²) in [5.41, 5.74) is 0. The number of hydrogen-bond donors (Lipinski definition) is 0. The maximum atomic E-state index is 4.24. The van der Waals surface area contributed by atoms with E-state index >= 15 is 0 Å². The van der Waals surface area contributed by atoms with Gasteiger partial charge in [0.2, 0.25) is 0 Å². The van der Waals surface area contributed by atoms with Crippen LogP contribution in [-0.4, -0.2) is 4.90 Å². The van der Waals surface area contributed by atoms with Gasteiger partial charge in [0.05, 0.1) is 5.36 Å². The lowest BCUT2D eigenvalue weighted by Gasteiger charge is -2.02. The second-order valence-corrected chi connectivity index (χ2v) is 2.63. The molecular weight excluding hydrogens is 148 g/mol. The molecule has 1 aromatic rings. The first-order chi connectivity index (χ1) is 5.86. The predicted molar refractivity (Wildman–Crippen MR) is 48.0 cm³/mol. The molecule has 0 aliphatic carbocycles. The van der Waals surface area contributed by atoms with E-state index in [9.17, 15) is 0 Å². The Hall–Kier alpha value is -1.57. The van der Waals surface area contributed by atoms with Gasteiger partial charge in [0.25, 0.3) is 0 Å². The van der Waals surface area contributed by atoms with Gasteiger partial charge in [-0.3, -0.25) is 4.99 Å². The largest absolute Gasteiger partial charge is 0.350 e. The van der Waals surface area contributed by atoms with Gasteiger partial charge in [-0.2, -0.15) is 0 Å². The van der Waals surface area contributed by atoms with Gasteiger partial charge in [-0.1, -0.05) is 18.2 Å². The minimum absolute atomic E-state index is 0.986. The smallest absolute Gasteiger partial charge is 0.0717 e. The van der Waals surface area contributed by atoms with Gasteiger partial charge in [0.15, 0.2) is 0 Å². The van der Waals surface area contributed by atoms with Crippen molar-refractivity contribution < 1.29 is 0 Å². The molecule has 0 saturated heterocycles. The molecule has 2 nitrogen and oxygen atoms in total. The monoisotopic (exact) mass is 157 g/mol. The average molecular weight is 157 g/mol. The molecule has 0 amide bonds. The van der Waals surface area contributed by atoms with Crippen LogP contribution in [0.25, 0.3) is 6.20 Å². The fraction of sp³-hybridized carbons (Fsp3) is 0. The van der Waals surface area contributed by atoms with Crippen LogP contribution in [0.4, 0.5) is 0 Å². The zero-order valence-electron chi connectivity index (χ0n) is 6.64. The van der Waals surface area contributed by atoms with E-state index in [0.717, 1.165) is 10.6 Å². The van der Waals surface area contributed by atoms with Crippen LogP contribution in [0.3, 0.4) is 0 Å². The first-order valence-electron chi connectivity index (χ1n) is 3.76. The molecule has 0 unspecified atom stereocenters. The summed E-state index contributed by atoms with van der Waals surface area (Å²) >= 11 is 0. The lowest BCUT2D eigenvalue weighted by Crippen LogP contribution is -2.24. The van der Waals surface area contributed by atoms with Crippen molar-refractivity contribution in [3.05, 3.63) is 54.3 Å². The summed E-state index contributed by atoms with van der Waals surface area (Å²) in [7, 11) is 3.79. The molecule has 59 valence electrons. The molecule has 0 saturated carbocycles. The minimum Gasteiger partial charge on any atom is -0.350 e. The SMILES string of the molecule is [CH2]N1C=CN=c2ccccc2=C1. The van der Waals surface area contributed by atoms with E-state index in [1.807, 2.05) is 36.7 Å². The molecule has 0 fully saturated rings. The molecule has 1 aliphatic rings. The van der Waals surface area contributed by atoms with Crippen LogP contribution in [0, 0.1) is 7.05 Å². The van der Waals surface area contributed by atoms with Gasteiger partial charge < -0.3 is 4.90 Å². The molecule has 1 radical (unpaired) electrons.